The van der Waals surface area contributed by atoms with Gasteiger partial charge in [-0.15, -0.1) is 0 Å². The highest BCUT2D eigenvalue weighted by Crippen LogP contribution is 2.22. The molecule has 33 heavy (non-hydrogen) atoms. The van der Waals surface area contributed by atoms with Gasteiger partial charge in [-0.05, 0) is 54.4 Å². The zero-order chi connectivity index (χ0) is 23.8. The molecule has 0 fully saturated rings. The molecule has 0 saturated heterocycles. The summed E-state index contributed by atoms with van der Waals surface area (Å²) in [6.45, 7) is 6.41. The SMILES string of the molecule is CCN(CC)S(=O)(=O)c1cc(C(=O)OCc2ccc(OCc3ccccn3)cc2)ccc1C. The molecule has 3 rings (SSSR count). The van der Waals surface area contributed by atoms with Crippen molar-refractivity contribution in [3.8, 4) is 5.75 Å². The third kappa shape index (κ3) is 6.18. The Morgan fingerprint density at radius 1 is 0.970 bits per heavy atom. The summed E-state index contributed by atoms with van der Waals surface area (Å²) < 4.78 is 38.3. The van der Waals surface area contributed by atoms with E-state index in [1.807, 2.05) is 30.3 Å². The standard InChI is InChI=1S/C25H28N2O5S/c1-4-27(5-2)33(29,30)24-16-21(12-9-19(24)3)25(28)32-17-20-10-13-23(14-11-20)31-18-22-8-6-7-15-26-22/h6-16H,4-5,17-18H2,1-3H3. The fraction of sp³-hybridized carbons (Fsp3) is 0.280. The zero-order valence-corrected chi connectivity index (χ0v) is 19.8. The Labute approximate surface area is 195 Å². The van der Waals surface area contributed by atoms with E-state index in [0.717, 1.165) is 11.3 Å². The highest BCUT2D eigenvalue weighted by Gasteiger charge is 2.25. The molecule has 0 amide bonds. The molecule has 0 spiro atoms. The van der Waals surface area contributed by atoms with Gasteiger partial charge in [-0.1, -0.05) is 38.1 Å². The summed E-state index contributed by atoms with van der Waals surface area (Å²) in [5.74, 6) is 0.0991. The molecule has 1 heterocycles. The van der Waals surface area contributed by atoms with Crippen LogP contribution in [0.2, 0.25) is 0 Å². The molecule has 3 aromatic rings. The first kappa shape index (κ1) is 24.4. The number of sulfonamides is 1. The van der Waals surface area contributed by atoms with Crippen LogP contribution in [0.5, 0.6) is 5.75 Å². The number of ether oxygens (including phenoxy) is 2. The molecule has 0 aliphatic carbocycles. The summed E-state index contributed by atoms with van der Waals surface area (Å²) in [5.41, 5.74) is 2.40. The summed E-state index contributed by atoms with van der Waals surface area (Å²) in [5, 5.41) is 0. The second-order valence-electron chi connectivity index (χ2n) is 7.40. The number of aryl methyl sites for hydroxylation is 1. The number of carbonyl (C=O) groups is 1. The monoisotopic (exact) mass is 468 g/mol. The average Bonchev–Trinajstić information content (AvgIpc) is 2.83. The van der Waals surface area contributed by atoms with Crippen LogP contribution < -0.4 is 4.74 Å². The molecule has 0 aliphatic rings. The highest BCUT2D eigenvalue weighted by molar-refractivity contribution is 7.89. The van der Waals surface area contributed by atoms with E-state index in [1.165, 1.54) is 10.4 Å². The van der Waals surface area contributed by atoms with E-state index in [2.05, 4.69) is 4.98 Å². The van der Waals surface area contributed by atoms with Gasteiger partial charge in [-0.25, -0.2) is 13.2 Å². The Morgan fingerprint density at radius 3 is 2.33 bits per heavy atom. The van der Waals surface area contributed by atoms with Gasteiger partial charge in [0.15, 0.2) is 0 Å². The van der Waals surface area contributed by atoms with Gasteiger partial charge >= 0.3 is 5.97 Å². The summed E-state index contributed by atoms with van der Waals surface area (Å²) in [6.07, 6.45) is 1.71. The molecular weight excluding hydrogens is 440 g/mol. The lowest BCUT2D eigenvalue weighted by molar-refractivity contribution is 0.0472. The lowest BCUT2D eigenvalue weighted by atomic mass is 10.1. The Balaban J connectivity index is 1.62. The van der Waals surface area contributed by atoms with E-state index in [1.54, 1.807) is 51.2 Å². The molecule has 0 atom stereocenters. The molecule has 1 aromatic heterocycles. The smallest absolute Gasteiger partial charge is 0.338 e. The van der Waals surface area contributed by atoms with E-state index >= 15 is 0 Å². The van der Waals surface area contributed by atoms with E-state index in [4.69, 9.17) is 9.47 Å². The number of hydrogen-bond acceptors (Lipinski definition) is 6. The van der Waals surface area contributed by atoms with Crippen LogP contribution in [-0.2, 0) is 28.0 Å². The van der Waals surface area contributed by atoms with Crippen LogP contribution in [0.25, 0.3) is 0 Å². The summed E-state index contributed by atoms with van der Waals surface area (Å²) in [4.78, 5) is 16.9. The molecule has 0 radical (unpaired) electrons. The third-order valence-corrected chi connectivity index (χ3v) is 7.35. The van der Waals surface area contributed by atoms with E-state index in [9.17, 15) is 13.2 Å². The van der Waals surface area contributed by atoms with Crippen molar-refractivity contribution in [3.05, 3.63) is 89.2 Å². The zero-order valence-electron chi connectivity index (χ0n) is 19.0. The van der Waals surface area contributed by atoms with Gasteiger partial charge in [0.2, 0.25) is 10.0 Å². The normalized spacial score (nSPS) is 11.4. The van der Waals surface area contributed by atoms with Crippen molar-refractivity contribution in [2.45, 2.75) is 38.9 Å². The Bertz CT molecular complexity index is 1180. The third-order valence-electron chi connectivity index (χ3n) is 5.15. The second-order valence-corrected chi connectivity index (χ2v) is 9.31. The predicted octanol–water partition coefficient (Wildman–Crippen LogP) is 4.36. The number of rotatable bonds is 10. The van der Waals surface area contributed by atoms with Crippen molar-refractivity contribution < 1.29 is 22.7 Å². The predicted molar refractivity (Wildman–Crippen MR) is 125 cm³/mol. The Morgan fingerprint density at radius 2 is 1.70 bits per heavy atom. The number of hydrogen-bond donors (Lipinski definition) is 0. The van der Waals surface area contributed by atoms with Crippen LogP contribution in [-0.4, -0.2) is 36.8 Å². The van der Waals surface area contributed by atoms with Crippen LogP contribution in [0.4, 0.5) is 0 Å². The fourth-order valence-corrected chi connectivity index (χ4v) is 4.97. The minimum atomic E-state index is -3.68. The number of aromatic nitrogens is 1. The van der Waals surface area contributed by atoms with E-state index in [-0.39, 0.29) is 17.1 Å². The first-order valence-corrected chi connectivity index (χ1v) is 12.2. The van der Waals surface area contributed by atoms with Gasteiger partial charge in [0.1, 0.15) is 19.0 Å². The summed E-state index contributed by atoms with van der Waals surface area (Å²) in [7, 11) is -3.68. The molecule has 0 aliphatic heterocycles. The minimum absolute atomic E-state index is 0.0609. The van der Waals surface area contributed by atoms with Crippen LogP contribution in [0.15, 0.2) is 71.8 Å². The number of pyridine rings is 1. The van der Waals surface area contributed by atoms with E-state index < -0.39 is 16.0 Å². The van der Waals surface area contributed by atoms with Crippen molar-refractivity contribution in [1.82, 2.24) is 9.29 Å². The fourth-order valence-electron chi connectivity index (χ4n) is 3.26. The van der Waals surface area contributed by atoms with Gasteiger partial charge in [0, 0.05) is 19.3 Å². The maximum absolute atomic E-state index is 12.9. The first-order valence-electron chi connectivity index (χ1n) is 10.7. The average molecular weight is 469 g/mol. The molecule has 0 unspecified atom stereocenters. The number of esters is 1. The van der Waals surface area contributed by atoms with Crippen molar-refractivity contribution in [3.63, 3.8) is 0 Å². The lowest BCUT2D eigenvalue weighted by Crippen LogP contribution is -2.31. The van der Waals surface area contributed by atoms with Gasteiger partial charge in [0.05, 0.1) is 16.2 Å². The molecule has 2 aromatic carbocycles. The van der Waals surface area contributed by atoms with Gasteiger partial charge in [0.25, 0.3) is 0 Å². The van der Waals surface area contributed by atoms with Crippen molar-refractivity contribution in [2.75, 3.05) is 13.1 Å². The van der Waals surface area contributed by atoms with Crippen LogP contribution in [0.3, 0.4) is 0 Å². The topological polar surface area (TPSA) is 85.8 Å². The minimum Gasteiger partial charge on any atom is -0.487 e. The molecule has 174 valence electrons. The van der Waals surface area contributed by atoms with E-state index in [0.29, 0.717) is 31.0 Å². The molecule has 0 N–H and O–H groups in total. The van der Waals surface area contributed by atoms with Crippen LogP contribution in [0.1, 0.15) is 41.0 Å². The van der Waals surface area contributed by atoms with Gasteiger partial charge < -0.3 is 9.47 Å². The Hall–Kier alpha value is -3.23. The van der Waals surface area contributed by atoms with Crippen molar-refractivity contribution in [1.29, 1.82) is 0 Å². The highest BCUT2D eigenvalue weighted by atomic mass is 32.2. The van der Waals surface area contributed by atoms with Gasteiger partial charge in [-0.2, -0.15) is 4.31 Å². The maximum atomic E-state index is 12.9. The van der Waals surface area contributed by atoms with Crippen LogP contribution in [0, 0.1) is 6.92 Å². The molecule has 7 nitrogen and oxygen atoms in total. The molecule has 0 bridgehead atoms. The summed E-state index contributed by atoms with van der Waals surface area (Å²) in [6, 6.07) is 17.4. The van der Waals surface area contributed by atoms with Crippen molar-refractivity contribution >= 4 is 16.0 Å². The lowest BCUT2D eigenvalue weighted by Gasteiger charge is -2.20. The largest absolute Gasteiger partial charge is 0.487 e. The number of carbonyl (C=O) groups excluding carboxylic acids is 1. The molecule has 0 saturated carbocycles. The summed E-state index contributed by atoms with van der Waals surface area (Å²) >= 11 is 0. The first-order chi connectivity index (χ1) is 15.8. The van der Waals surface area contributed by atoms with Crippen molar-refractivity contribution in [2.24, 2.45) is 0 Å². The molecule has 8 heteroatoms. The Kier molecular flexibility index (Phi) is 8.19. The maximum Gasteiger partial charge on any atom is 0.338 e. The number of nitrogens with zero attached hydrogens (tertiary/aromatic N) is 2. The van der Waals surface area contributed by atoms with Crippen LogP contribution >= 0.6 is 0 Å². The quantitative estimate of drug-likeness (QED) is 0.411. The number of benzene rings is 2. The van der Waals surface area contributed by atoms with Gasteiger partial charge in [-0.3, -0.25) is 4.98 Å². The molecular formula is C25H28N2O5S. The second kappa shape index (κ2) is 11.1.